The molecule has 1 aliphatic heterocycles. The molecule has 2 atom stereocenters. The summed E-state index contributed by atoms with van der Waals surface area (Å²) >= 11 is 0. The van der Waals surface area contributed by atoms with Crippen molar-refractivity contribution in [2.45, 2.75) is 39.7 Å². The summed E-state index contributed by atoms with van der Waals surface area (Å²) in [6.07, 6.45) is 0.828. The Hall–Kier alpha value is -1.90. The molecule has 0 spiro atoms. The van der Waals surface area contributed by atoms with Gasteiger partial charge in [0.15, 0.2) is 0 Å². The van der Waals surface area contributed by atoms with Crippen molar-refractivity contribution < 1.29 is 9.90 Å². The molecule has 5 nitrogen and oxygen atoms in total. The first-order chi connectivity index (χ1) is 11.4. The fraction of sp³-hybridized carbons (Fsp3) is 0.579. The van der Waals surface area contributed by atoms with Gasteiger partial charge in [-0.15, -0.1) is 0 Å². The summed E-state index contributed by atoms with van der Waals surface area (Å²) in [5, 5.41) is 18.9. The standard InChI is InChI=1S/C19H27N3O2/c1-14-9-15(2)11-17(10-14)22(7-4-6-20)19(24)13-21-8-5-16(3)18(23)12-21/h9-11,16,18,23H,4-5,7-8,12-13H2,1-3H3. The van der Waals surface area contributed by atoms with Crippen LogP contribution in [0.15, 0.2) is 18.2 Å². The van der Waals surface area contributed by atoms with E-state index in [0.29, 0.717) is 19.5 Å². The van der Waals surface area contributed by atoms with E-state index >= 15 is 0 Å². The molecule has 24 heavy (non-hydrogen) atoms. The summed E-state index contributed by atoms with van der Waals surface area (Å²) in [7, 11) is 0. The van der Waals surface area contributed by atoms with Crippen molar-refractivity contribution in [3.63, 3.8) is 0 Å². The molecular weight excluding hydrogens is 302 g/mol. The lowest BCUT2D eigenvalue weighted by Gasteiger charge is -2.35. The molecule has 0 saturated carbocycles. The first-order valence-corrected chi connectivity index (χ1v) is 8.56. The predicted octanol–water partition coefficient (Wildman–Crippen LogP) is 2.25. The molecule has 0 radical (unpaired) electrons. The molecule has 1 aromatic carbocycles. The lowest BCUT2D eigenvalue weighted by atomic mass is 9.96. The molecule has 1 N–H and O–H groups in total. The molecule has 1 aliphatic rings. The summed E-state index contributed by atoms with van der Waals surface area (Å²) in [6.45, 7) is 8.08. The van der Waals surface area contributed by atoms with E-state index in [4.69, 9.17) is 5.26 Å². The molecule has 2 rings (SSSR count). The highest BCUT2D eigenvalue weighted by Gasteiger charge is 2.27. The Balaban J connectivity index is 2.12. The van der Waals surface area contributed by atoms with Crippen LogP contribution in [0.25, 0.3) is 0 Å². The van der Waals surface area contributed by atoms with Crippen molar-refractivity contribution in [1.29, 1.82) is 5.26 Å². The molecule has 1 heterocycles. The van der Waals surface area contributed by atoms with Crippen LogP contribution in [0.3, 0.4) is 0 Å². The Bertz CT molecular complexity index is 603. The summed E-state index contributed by atoms with van der Waals surface area (Å²) in [5.74, 6) is 0.266. The summed E-state index contributed by atoms with van der Waals surface area (Å²) in [6, 6.07) is 8.15. The zero-order valence-corrected chi connectivity index (χ0v) is 14.8. The van der Waals surface area contributed by atoms with Gasteiger partial charge in [-0.3, -0.25) is 9.69 Å². The summed E-state index contributed by atoms with van der Waals surface area (Å²) < 4.78 is 0. The van der Waals surface area contributed by atoms with E-state index in [1.165, 1.54) is 0 Å². The molecular formula is C19H27N3O2. The fourth-order valence-corrected chi connectivity index (χ4v) is 3.20. The van der Waals surface area contributed by atoms with Crippen LogP contribution in [0.4, 0.5) is 5.69 Å². The first-order valence-electron chi connectivity index (χ1n) is 8.56. The van der Waals surface area contributed by atoms with Crippen molar-refractivity contribution in [2.75, 3.05) is 31.1 Å². The Kier molecular flexibility index (Phi) is 6.36. The van der Waals surface area contributed by atoms with Gasteiger partial charge in [-0.25, -0.2) is 0 Å². The lowest BCUT2D eigenvalue weighted by Crippen LogP contribution is -2.48. The third-order valence-electron chi connectivity index (χ3n) is 4.63. The highest BCUT2D eigenvalue weighted by Crippen LogP contribution is 2.21. The minimum absolute atomic E-state index is 0.0167. The molecule has 5 heteroatoms. The van der Waals surface area contributed by atoms with E-state index in [2.05, 4.69) is 12.1 Å². The number of amides is 1. The van der Waals surface area contributed by atoms with E-state index in [0.717, 1.165) is 29.8 Å². The van der Waals surface area contributed by atoms with Crippen LogP contribution in [0.5, 0.6) is 0 Å². The van der Waals surface area contributed by atoms with Gasteiger partial charge < -0.3 is 10.0 Å². The third kappa shape index (κ3) is 4.80. The third-order valence-corrected chi connectivity index (χ3v) is 4.63. The normalized spacial score (nSPS) is 21.3. The number of rotatable bonds is 5. The van der Waals surface area contributed by atoms with Crippen LogP contribution in [0.2, 0.25) is 0 Å². The predicted molar refractivity (Wildman–Crippen MR) is 94.7 cm³/mol. The van der Waals surface area contributed by atoms with Crippen molar-refractivity contribution in [3.05, 3.63) is 29.3 Å². The number of aryl methyl sites for hydroxylation is 2. The Morgan fingerprint density at radius 1 is 1.38 bits per heavy atom. The molecule has 1 fully saturated rings. The van der Waals surface area contributed by atoms with Crippen molar-refractivity contribution in [1.82, 2.24) is 4.90 Å². The second kappa shape index (κ2) is 8.27. The molecule has 0 bridgehead atoms. The number of likely N-dealkylation sites (tertiary alicyclic amines) is 1. The van der Waals surface area contributed by atoms with Gasteiger partial charge in [0.2, 0.25) is 5.91 Å². The van der Waals surface area contributed by atoms with Gasteiger partial charge in [-0.1, -0.05) is 13.0 Å². The van der Waals surface area contributed by atoms with Crippen molar-refractivity contribution >= 4 is 11.6 Å². The average Bonchev–Trinajstić information content (AvgIpc) is 2.50. The number of hydrogen-bond acceptors (Lipinski definition) is 4. The Morgan fingerprint density at radius 2 is 2.04 bits per heavy atom. The van der Waals surface area contributed by atoms with E-state index < -0.39 is 0 Å². The van der Waals surface area contributed by atoms with Gasteiger partial charge >= 0.3 is 0 Å². The molecule has 0 aromatic heterocycles. The number of nitrogens with zero attached hydrogens (tertiary/aromatic N) is 3. The number of aliphatic hydroxyl groups is 1. The largest absolute Gasteiger partial charge is 0.392 e. The van der Waals surface area contributed by atoms with Gasteiger partial charge in [0.25, 0.3) is 0 Å². The number of piperidine rings is 1. The minimum atomic E-state index is -0.375. The van der Waals surface area contributed by atoms with E-state index in [-0.39, 0.29) is 24.5 Å². The van der Waals surface area contributed by atoms with E-state index in [1.807, 2.05) is 37.8 Å². The molecule has 1 amide bonds. The molecule has 1 saturated heterocycles. The van der Waals surface area contributed by atoms with Crippen molar-refractivity contribution in [2.24, 2.45) is 5.92 Å². The number of aliphatic hydroxyl groups excluding tert-OH is 1. The minimum Gasteiger partial charge on any atom is -0.392 e. The molecule has 130 valence electrons. The number of nitriles is 1. The Morgan fingerprint density at radius 3 is 2.62 bits per heavy atom. The SMILES string of the molecule is Cc1cc(C)cc(N(CCC#N)C(=O)CN2CCC(C)C(O)C2)c1. The maximum Gasteiger partial charge on any atom is 0.241 e. The van der Waals surface area contributed by atoms with Gasteiger partial charge in [0.05, 0.1) is 25.1 Å². The second-order valence-electron chi connectivity index (χ2n) is 6.87. The van der Waals surface area contributed by atoms with Gasteiger partial charge in [0, 0.05) is 18.8 Å². The smallest absolute Gasteiger partial charge is 0.241 e. The van der Waals surface area contributed by atoms with Gasteiger partial charge in [0.1, 0.15) is 0 Å². The van der Waals surface area contributed by atoms with E-state index in [9.17, 15) is 9.90 Å². The zero-order chi connectivity index (χ0) is 17.7. The van der Waals surface area contributed by atoms with Crippen molar-refractivity contribution in [3.8, 4) is 6.07 Å². The maximum absolute atomic E-state index is 12.8. The second-order valence-corrected chi connectivity index (χ2v) is 6.87. The number of anilines is 1. The molecule has 0 aliphatic carbocycles. The highest BCUT2D eigenvalue weighted by molar-refractivity contribution is 5.95. The Labute approximate surface area is 144 Å². The first kappa shape index (κ1) is 18.4. The van der Waals surface area contributed by atoms with Crippen LogP contribution in [0.1, 0.15) is 30.9 Å². The zero-order valence-electron chi connectivity index (χ0n) is 14.8. The fourth-order valence-electron chi connectivity index (χ4n) is 3.20. The number of carbonyl (C=O) groups excluding carboxylic acids is 1. The molecule has 1 aromatic rings. The number of benzene rings is 1. The topological polar surface area (TPSA) is 67.6 Å². The highest BCUT2D eigenvalue weighted by atomic mass is 16.3. The number of carbonyl (C=O) groups is 1. The van der Waals surface area contributed by atoms with E-state index in [1.54, 1.807) is 4.90 Å². The summed E-state index contributed by atoms with van der Waals surface area (Å²) in [4.78, 5) is 16.5. The van der Waals surface area contributed by atoms with Crippen LogP contribution in [0, 0.1) is 31.1 Å². The van der Waals surface area contributed by atoms with Crippen LogP contribution in [-0.2, 0) is 4.79 Å². The van der Waals surface area contributed by atoms with Gasteiger partial charge in [-0.2, -0.15) is 5.26 Å². The lowest BCUT2D eigenvalue weighted by molar-refractivity contribution is -0.120. The van der Waals surface area contributed by atoms with Crippen LogP contribution in [-0.4, -0.2) is 48.2 Å². The average molecular weight is 329 g/mol. The number of β-amino-alcohol motifs (C(OH)–C–C–N with tert-alkyl or cyclic N) is 1. The molecule has 2 unspecified atom stereocenters. The number of hydrogen-bond donors (Lipinski definition) is 1. The van der Waals surface area contributed by atoms with Gasteiger partial charge in [-0.05, 0) is 56.0 Å². The maximum atomic E-state index is 12.8. The quantitative estimate of drug-likeness (QED) is 0.900. The van der Waals surface area contributed by atoms with Crippen LogP contribution >= 0.6 is 0 Å². The van der Waals surface area contributed by atoms with Crippen LogP contribution < -0.4 is 4.90 Å². The monoisotopic (exact) mass is 329 g/mol. The summed E-state index contributed by atoms with van der Waals surface area (Å²) in [5.41, 5.74) is 3.04.